The maximum Gasteiger partial charge on any atom is 0.323 e. The Morgan fingerprint density at radius 1 is 1.73 bits per heavy atom. The Balaban J connectivity index is 2.37. The summed E-state index contributed by atoms with van der Waals surface area (Å²) in [5.74, 6) is -0.359. The Kier molecular flexibility index (Phi) is 4.05. The summed E-state index contributed by atoms with van der Waals surface area (Å²) >= 11 is 1.47. The Hall–Kier alpha value is -1.14. The number of carbonyl (C=O) groups is 1. The van der Waals surface area contributed by atoms with E-state index in [1.54, 1.807) is 12.3 Å². The summed E-state index contributed by atoms with van der Waals surface area (Å²) in [6.07, 6.45) is 3.51. The molecule has 0 fully saturated rings. The molecule has 1 rings (SSSR count). The van der Waals surface area contributed by atoms with Gasteiger partial charge in [-0.3, -0.25) is 4.79 Å². The van der Waals surface area contributed by atoms with Crippen molar-refractivity contribution in [3.05, 3.63) is 18.6 Å². The minimum Gasteiger partial charge on any atom is -0.480 e. The van der Waals surface area contributed by atoms with E-state index in [0.717, 1.165) is 5.03 Å². The summed E-state index contributed by atoms with van der Waals surface area (Å²) < 4.78 is 0. The van der Waals surface area contributed by atoms with Crippen LogP contribution in [-0.2, 0) is 4.79 Å². The molecule has 1 unspecified atom stereocenters. The van der Waals surface area contributed by atoms with Crippen molar-refractivity contribution in [2.45, 2.75) is 23.9 Å². The SMILES string of the molecule is CC(N)(CCSc1ccncn1)C(=O)O. The molecule has 0 saturated carbocycles. The highest BCUT2D eigenvalue weighted by atomic mass is 32.2. The van der Waals surface area contributed by atoms with Gasteiger partial charge in [-0.15, -0.1) is 11.8 Å². The summed E-state index contributed by atoms with van der Waals surface area (Å²) in [6, 6.07) is 1.78. The maximum absolute atomic E-state index is 10.7. The topological polar surface area (TPSA) is 89.1 Å². The number of carboxylic acids is 1. The first-order valence-corrected chi connectivity index (χ1v) is 5.42. The number of hydrogen-bond donors (Lipinski definition) is 2. The molecule has 0 spiro atoms. The number of aliphatic carboxylic acids is 1. The Morgan fingerprint density at radius 2 is 2.47 bits per heavy atom. The van der Waals surface area contributed by atoms with Crippen LogP contribution in [0.15, 0.2) is 23.6 Å². The molecule has 0 aromatic carbocycles. The van der Waals surface area contributed by atoms with Gasteiger partial charge in [0.05, 0.1) is 5.03 Å². The highest BCUT2D eigenvalue weighted by Crippen LogP contribution is 2.18. The molecular formula is C9H13N3O2S. The second-order valence-corrected chi connectivity index (χ2v) is 4.48. The lowest BCUT2D eigenvalue weighted by Crippen LogP contribution is -2.45. The average Bonchev–Trinajstić information content (AvgIpc) is 2.19. The lowest BCUT2D eigenvalue weighted by atomic mass is 10.0. The Morgan fingerprint density at radius 3 is 3.00 bits per heavy atom. The largest absolute Gasteiger partial charge is 0.480 e. The van der Waals surface area contributed by atoms with Crippen molar-refractivity contribution >= 4 is 17.7 Å². The zero-order valence-electron chi connectivity index (χ0n) is 8.38. The van der Waals surface area contributed by atoms with Crippen LogP contribution in [0.3, 0.4) is 0 Å². The second-order valence-electron chi connectivity index (χ2n) is 3.37. The molecule has 0 amide bonds. The van der Waals surface area contributed by atoms with Crippen LogP contribution in [0, 0.1) is 0 Å². The van der Waals surface area contributed by atoms with E-state index in [2.05, 4.69) is 9.97 Å². The minimum absolute atomic E-state index is 0.400. The van der Waals surface area contributed by atoms with Gasteiger partial charge in [-0.25, -0.2) is 9.97 Å². The van der Waals surface area contributed by atoms with Crippen LogP contribution in [0.4, 0.5) is 0 Å². The summed E-state index contributed by atoms with van der Waals surface area (Å²) in [5, 5.41) is 9.60. The Labute approximate surface area is 92.1 Å². The lowest BCUT2D eigenvalue weighted by Gasteiger charge is -2.18. The highest BCUT2D eigenvalue weighted by Gasteiger charge is 2.27. The van der Waals surface area contributed by atoms with Gasteiger partial charge >= 0.3 is 5.97 Å². The van der Waals surface area contributed by atoms with Crippen LogP contribution >= 0.6 is 11.8 Å². The third-order valence-corrected chi connectivity index (χ3v) is 2.86. The smallest absolute Gasteiger partial charge is 0.323 e. The summed E-state index contributed by atoms with van der Waals surface area (Å²) in [5.41, 5.74) is 4.41. The summed E-state index contributed by atoms with van der Waals surface area (Å²) in [6.45, 7) is 1.51. The molecule has 3 N–H and O–H groups in total. The van der Waals surface area contributed by atoms with Crippen LogP contribution < -0.4 is 5.73 Å². The van der Waals surface area contributed by atoms with E-state index in [4.69, 9.17) is 10.8 Å². The predicted molar refractivity (Wildman–Crippen MR) is 57.6 cm³/mol. The molecule has 1 aromatic rings. The third kappa shape index (κ3) is 3.85. The van der Waals surface area contributed by atoms with E-state index < -0.39 is 11.5 Å². The number of nitrogens with zero attached hydrogens (tertiary/aromatic N) is 2. The van der Waals surface area contributed by atoms with E-state index in [1.165, 1.54) is 25.0 Å². The predicted octanol–water partition coefficient (Wildman–Crippen LogP) is 0.761. The molecule has 0 aliphatic rings. The molecule has 5 nitrogen and oxygen atoms in total. The minimum atomic E-state index is -1.17. The van der Waals surface area contributed by atoms with Crippen molar-refractivity contribution < 1.29 is 9.90 Å². The van der Waals surface area contributed by atoms with Crippen molar-refractivity contribution in [1.82, 2.24) is 9.97 Å². The van der Waals surface area contributed by atoms with Gasteiger partial charge in [-0.05, 0) is 19.4 Å². The van der Waals surface area contributed by atoms with Gasteiger partial charge in [-0.1, -0.05) is 0 Å². The van der Waals surface area contributed by atoms with Crippen LogP contribution in [0.1, 0.15) is 13.3 Å². The van der Waals surface area contributed by atoms with Crippen molar-refractivity contribution in [1.29, 1.82) is 0 Å². The standard InChI is InChI=1S/C9H13N3O2S/c1-9(10,8(13)14)3-5-15-7-2-4-11-6-12-7/h2,4,6H,3,5,10H2,1H3,(H,13,14). The van der Waals surface area contributed by atoms with Gasteiger partial charge in [0.1, 0.15) is 11.9 Å². The highest BCUT2D eigenvalue weighted by molar-refractivity contribution is 7.99. The first-order chi connectivity index (χ1) is 7.02. The number of rotatable bonds is 5. The zero-order valence-corrected chi connectivity index (χ0v) is 9.20. The number of aromatic nitrogens is 2. The van der Waals surface area contributed by atoms with E-state index in [0.29, 0.717) is 12.2 Å². The molecule has 0 bridgehead atoms. The van der Waals surface area contributed by atoms with Crippen LogP contribution in [0.25, 0.3) is 0 Å². The lowest BCUT2D eigenvalue weighted by molar-refractivity contribution is -0.142. The average molecular weight is 227 g/mol. The fourth-order valence-electron chi connectivity index (χ4n) is 0.838. The molecule has 1 aromatic heterocycles. The van der Waals surface area contributed by atoms with E-state index in [-0.39, 0.29) is 0 Å². The van der Waals surface area contributed by atoms with E-state index in [1.807, 2.05) is 0 Å². The molecule has 0 radical (unpaired) electrons. The van der Waals surface area contributed by atoms with Gasteiger partial charge in [0.25, 0.3) is 0 Å². The Bertz CT molecular complexity index is 329. The maximum atomic E-state index is 10.7. The van der Waals surface area contributed by atoms with Crippen molar-refractivity contribution in [2.24, 2.45) is 5.73 Å². The third-order valence-electron chi connectivity index (χ3n) is 1.91. The number of nitrogens with two attached hydrogens (primary N) is 1. The van der Waals surface area contributed by atoms with Gasteiger partial charge in [0, 0.05) is 11.9 Å². The van der Waals surface area contributed by atoms with Gasteiger partial charge in [0.15, 0.2) is 0 Å². The summed E-state index contributed by atoms with van der Waals surface area (Å²) in [7, 11) is 0. The molecule has 0 aliphatic carbocycles. The molecule has 6 heteroatoms. The fourth-order valence-corrected chi connectivity index (χ4v) is 1.85. The molecular weight excluding hydrogens is 214 g/mol. The van der Waals surface area contributed by atoms with Crippen molar-refractivity contribution in [2.75, 3.05) is 5.75 Å². The second kappa shape index (κ2) is 5.09. The van der Waals surface area contributed by atoms with E-state index >= 15 is 0 Å². The molecule has 0 saturated heterocycles. The normalized spacial score (nSPS) is 14.5. The van der Waals surface area contributed by atoms with Crippen LogP contribution in [0.5, 0.6) is 0 Å². The molecule has 82 valence electrons. The summed E-state index contributed by atoms with van der Waals surface area (Å²) in [4.78, 5) is 18.5. The van der Waals surface area contributed by atoms with Crippen molar-refractivity contribution in [3.63, 3.8) is 0 Å². The van der Waals surface area contributed by atoms with Crippen LogP contribution in [-0.4, -0.2) is 32.3 Å². The quantitative estimate of drug-likeness (QED) is 0.570. The van der Waals surface area contributed by atoms with E-state index in [9.17, 15) is 4.79 Å². The number of hydrogen-bond acceptors (Lipinski definition) is 5. The van der Waals surface area contributed by atoms with Gasteiger partial charge in [0.2, 0.25) is 0 Å². The monoisotopic (exact) mass is 227 g/mol. The van der Waals surface area contributed by atoms with Crippen molar-refractivity contribution in [3.8, 4) is 0 Å². The molecule has 1 heterocycles. The first-order valence-electron chi connectivity index (χ1n) is 4.43. The van der Waals surface area contributed by atoms with Gasteiger partial charge < -0.3 is 10.8 Å². The first kappa shape index (κ1) is 11.9. The fraction of sp³-hybridized carbons (Fsp3) is 0.444. The molecule has 1 atom stereocenters. The van der Waals surface area contributed by atoms with Gasteiger partial charge in [-0.2, -0.15) is 0 Å². The zero-order chi connectivity index (χ0) is 11.3. The molecule has 15 heavy (non-hydrogen) atoms. The van der Waals surface area contributed by atoms with Crippen LogP contribution in [0.2, 0.25) is 0 Å². The molecule has 0 aliphatic heterocycles. The number of carboxylic acid groups (broad SMARTS) is 1. The number of thioether (sulfide) groups is 1.